The molecule has 0 aromatic carbocycles. The molecule has 0 aliphatic rings. The first kappa shape index (κ1) is 14.2. The molecule has 1 atom stereocenters. The summed E-state index contributed by atoms with van der Waals surface area (Å²) >= 11 is 0. The highest BCUT2D eigenvalue weighted by Gasteiger charge is 2.18. The van der Waals surface area contributed by atoms with E-state index >= 15 is 0 Å². The molecule has 0 aliphatic carbocycles. The Kier molecular flexibility index (Phi) is 4.36. The van der Waals surface area contributed by atoms with Gasteiger partial charge in [-0.25, -0.2) is 0 Å². The minimum atomic E-state index is 0.165. The first-order chi connectivity index (χ1) is 7.76. The first-order valence-corrected chi connectivity index (χ1v) is 6.53. The maximum Gasteiger partial charge on any atom is 0.0644 e. The van der Waals surface area contributed by atoms with E-state index in [0.29, 0.717) is 6.04 Å². The summed E-state index contributed by atoms with van der Waals surface area (Å²) in [5, 5.41) is 8.22. The third-order valence-corrected chi connectivity index (χ3v) is 3.37. The summed E-state index contributed by atoms with van der Waals surface area (Å²) in [7, 11) is 0. The van der Waals surface area contributed by atoms with E-state index in [9.17, 15) is 0 Å². The Hall–Kier alpha value is -0.830. The largest absolute Gasteiger partial charge is 0.310 e. The van der Waals surface area contributed by atoms with Crippen LogP contribution in [0.15, 0.2) is 0 Å². The summed E-state index contributed by atoms with van der Waals surface area (Å²) in [6.07, 6.45) is 1.10. The molecule has 1 unspecified atom stereocenters. The molecule has 0 aliphatic heterocycles. The number of hydrogen-bond donors (Lipinski definition) is 1. The van der Waals surface area contributed by atoms with Gasteiger partial charge in [-0.2, -0.15) is 5.10 Å². The van der Waals surface area contributed by atoms with Gasteiger partial charge in [-0.05, 0) is 53.5 Å². The van der Waals surface area contributed by atoms with Crippen molar-refractivity contribution >= 4 is 0 Å². The Bertz CT molecular complexity index is 372. The Labute approximate surface area is 106 Å². The standard InChI is InChI=1S/C14H27N3/c1-8-13(9-15-14(5,6)7)17-12(4)10(2)11(3)16-17/h13,15H,8-9H2,1-7H3. The fraction of sp³-hybridized carbons (Fsp3) is 0.786. The molecule has 0 radical (unpaired) electrons. The minimum absolute atomic E-state index is 0.165. The molecule has 3 nitrogen and oxygen atoms in total. The summed E-state index contributed by atoms with van der Waals surface area (Å²) in [6.45, 7) is 16.2. The van der Waals surface area contributed by atoms with Crippen LogP contribution in [-0.2, 0) is 0 Å². The first-order valence-electron chi connectivity index (χ1n) is 6.53. The van der Waals surface area contributed by atoms with Gasteiger partial charge in [-0.1, -0.05) is 6.92 Å². The Morgan fingerprint density at radius 3 is 2.18 bits per heavy atom. The fourth-order valence-corrected chi connectivity index (χ4v) is 1.93. The summed E-state index contributed by atoms with van der Waals surface area (Å²) in [6, 6.07) is 0.446. The number of hydrogen-bond acceptors (Lipinski definition) is 2. The second-order valence-corrected chi connectivity index (χ2v) is 5.93. The summed E-state index contributed by atoms with van der Waals surface area (Å²) in [5.41, 5.74) is 3.93. The fourth-order valence-electron chi connectivity index (χ4n) is 1.93. The molecular formula is C14H27N3. The van der Waals surface area contributed by atoms with E-state index in [1.165, 1.54) is 11.3 Å². The number of aryl methyl sites for hydroxylation is 1. The van der Waals surface area contributed by atoms with Gasteiger partial charge in [0.25, 0.3) is 0 Å². The second kappa shape index (κ2) is 5.21. The van der Waals surface area contributed by atoms with Crippen LogP contribution < -0.4 is 5.32 Å². The number of nitrogens with zero attached hydrogens (tertiary/aromatic N) is 2. The van der Waals surface area contributed by atoms with Crippen molar-refractivity contribution < 1.29 is 0 Å². The van der Waals surface area contributed by atoms with Crippen LogP contribution in [-0.4, -0.2) is 21.9 Å². The van der Waals surface area contributed by atoms with Gasteiger partial charge >= 0.3 is 0 Å². The molecule has 98 valence electrons. The van der Waals surface area contributed by atoms with Crippen molar-refractivity contribution in [2.45, 2.75) is 66.5 Å². The number of rotatable bonds is 4. The van der Waals surface area contributed by atoms with Crippen LogP contribution in [0.2, 0.25) is 0 Å². The molecule has 0 fully saturated rings. The zero-order valence-electron chi connectivity index (χ0n) is 12.4. The normalized spacial score (nSPS) is 14.1. The molecule has 0 amide bonds. The van der Waals surface area contributed by atoms with Gasteiger partial charge in [0, 0.05) is 17.8 Å². The van der Waals surface area contributed by atoms with E-state index in [-0.39, 0.29) is 5.54 Å². The smallest absolute Gasteiger partial charge is 0.0644 e. The lowest BCUT2D eigenvalue weighted by molar-refractivity contribution is 0.341. The molecule has 0 bridgehead atoms. The SMILES string of the molecule is CCC(CNC(C)(C)C)n1nc(C)c(C)c1C. The van der Waals surface area contributed by atoms with Gasteiger partial charge in [0.15, 0.2) is 0 Å². The van der Waals surface area contributed by atoms with Crippen molar-refractivity contribution in [1.82, 2.24) is 15.1 Å². The van der Waals surface area contributed by atoms with Crippen molar-refractivity contribution in [2.75, 3.05) is 6.54 Å². The van der Waals surface area contributed by atoms with Crippen LogP contribution in [0.3, 0.4) is 0 Å². The average Bonchev–Trinajstić information content (AvgIpc) is 2.46. The highest BCUT2D eigenvalue weighted by Crippen LogP contribution is 2.18. The van der Waals surface area contributed by atoms with Gasteiger partial charge in [0.2, 0.25) is 0 Å². The predicted octanol–water partition coefficient (Wildman–Crippen LogP) is 3.15. The molecule has 0 saturated carbocycles. The zero-order valence-corrected chi connectivity index (χ0v) is 12.4. The van der Waals surface area contributed by atoms with Crippen LogP contribution in [0.4, 0.5) is 0 Å². The Balaban J connectivity index is 2.83. The van der Waals surface area contributed by atoms with E-state index in [1.54, 1.807) is 0 Å². The number of aromatic nitrogens is 2. The van der Waals surface area contributed by atoms with Gasteiger partial charge in [-0.3, -0.25) is 4.68 Å². The van der Waals surface area contributed by atoms with Crippen molar-refractivity contribution in [2.24, 2.45) is 0 Å². The topological polar surface area (TPSA) is 29.9 Å². The Morgan fingerprint density at radius 1 is 1.24 bits per heavy atom. The maximum absolute atomic E-state index is 4.66. The molecule has 1 aromatic heterocycles. The van der Waals surface area contributed by atoms with Crippen molar-refractivity contribution in [3.63, 3.8) is 0 Å². The van der Waals surface area contributed by atoms with Crippen LogP contribution in [0.1, 0.15) is 57.1 Å². The maximum atomic E-state index is 4.66. The molecule has 3 heteroatoms. The van der Waals surface area contributed by atoms with E-state index in [2.05, 4.69) is 63.6 Å². The molecular weight excluding hydrogens is 210 g/mol. The van der Waals surface area contributed by atoms with Crippen molar-refractivity contribution in [3.8, 4) is 0 Å². The van der Waals surface area contributed by atoms with E-state index in [0.717, 1.165) is 18.7 Å². The van der Waals surface area contributed by atoms with Crippen LogP contribution in [0.5, 0.6) is 0 Å². The molecule has 1 heterocycles. The van der Waals surface area contributed by atoms with E-state index in [4.69, 9.17) is 0 Å². The number of nitrogens with one attached hydrogen (secondary N) is 1. The molecule has 1 aromatic rings. The predicted molar refractivity (Wildman–Crippen MR) is 73.5 cm³/mol. The molecule has 17 heavy (non-hydrogen) atoms. The van der Waals surface area contributed by atoms with Gasteiger partial charge in [0.05, 0.1) is 11.7 Å². The molecule has 1 N–H and O–H groups in total. The summed E-state index contributed by atoms with van der Waals surface area (Å²) in [4.78, 5) is 0. The van der Waals surface area contributed by atoms with E-state index in [1.807, 2.05) is 0 Å². The zero-order chi connectivity index (χ0) is 13.2. The highest BCUT2D eigenvalue weighted by molar-refractivity contribution is 5.22. The van der Waals surface area contributed by atoms with E-state index < -0.39 is 0 Å². The third-order valence-electron chi connectivity index (χ3n) is 3.37. The second-order valence-electron chi connectivity index (χ2n) is 5.93. The summed E-state index contributed by atoms with van der Waals surface area (Å²) < 4.78 is 2.18. The van der Waals surface area contributed by atoms with Crippen molar-refractivity contribution in [3.05, 3.63) is 17.0 Å². The van der Waals surface area contributed by atoms with Crippen LogP contribution in [0, 0.1) is 20.8 Å². The average molecular weight is 237 g/mol. The molecule has 0 spiro atoms. The van der Waals surface area contributed by atoms with Gasteiger partial charge in [0.1, 0.15) is 0 Å². The molecule has 0 saturated heterocycles. The lowest BCUT2D eigenvalue weighted by atomic mass is 10.1. The van der Waals surface area contributed by atoms with Crippen molar-refractivity contribution in [1.29, 1.82) is 0 Å². The lowest BCUT2D eigenvalue weighted by Crippen LogP contribution is -2.40. The lowest BCUT2D eigenvalue weighted by Gasteiger charge is -2.25. The summed E-state index contributed by atoms with van der Waals surface area (Å²) in [5.74, 6) is 0. The quantitative estimate of drug-likeness (QED) is 0.872. The molecule has 1 rings (SSSR count). The Morgan fingerprint density at radius 2 is 1.82 bits per heavy atom. The third kappa shape index (κ3) is 3.56. The van der Waals surface area contributed by atoms with Crippen LogP contribution in [0.25, 0.3) is 0 Å². The van der Waals surface area contributed by atoms with Gasteiger partial charge < -0.3 is 5.32 Å². The monoisotopic (exact) mass is 237 g/mol. The van der Waals surface area contributed by atoms with Crippen LogP contribution >= 0.6 is 0 Å². The van der Waals surface area contributed by atoms with Gasteiger partial charge in [-0.15, -0.1) is 0 Å². The highest BCUT2D eigenvalue weighted by atomic mass is 15.3. The minimum Gasteiger partial charge on any atom is -0.310 e.